The van der Waals surface area contributed by atoms with E-state index in [9.17, 15) is 5.11 Å². The second-order valence-electron chi connectivity index (χ2n) is 5.27. The minimum Gasteiger partial charge on any atom is -0.394 e. The molecule has 0 aliphatic carbocycles. The lowest BCUT2D eigenvalue weighted by atomic mass is 9.90. The highest BCUT2D eigenvalue weighted by Gasteiger charge is 2.31. The van der Waals surface area contributed by atoms with Crippen LogP contribution >= 0.6 is 0 Å². The number of aliphatic hydroxyl groups is 1. The van der Waals surface area contributed by atoms with E-state index >= 15 is 0 Å². The maximum Gasteiger partial charge on any atom is 0.168 e. The molecule has 0 aromatic heterocycles. The first kappa shape index (κ1) is 14.3. The van der Waals surface area contributed by atoms with Crippen molar-refractivity contribution < 1.29 is 14.6 Å². The summed E-state index contributed by atoms with van der Waals surface area (Å²) in [5.74, 6) is 0.0155. The molecule has 0 bridgehead atoms. The van der Waals surface area contributed by atoms with Gasteiger partial charge in [-0.05, 0) is 17.5 Å². The first-order chi connectivity index (χ1) is 10.4. The Bertz CT molecular complexity index is 501. The predicted octanol–water partition coefficient (Wildman–Crippen LogP) is 2.94. The van der Waals surface area contributed by atoms with Gasteiger partial charge in [-0.2, -0.15) is 0 Å². The van der Waals surface area contributed by atoms with E-state index in [0.29, 0.717) is 6.61 Å². The van der Waals surface area contributed by atoms with E-state index in [1.807, 2.05) is 36.4 Å². The molecule has 1 fully saturated rings. The second-order valence-corrected chi connectivity index (χ2v) is 5.27. The van der Waals surface area contributed by atoms with Crippen LogP contribution in [0.25, 0.3) is 0 Å². The van der Waals surface area contributed by atoms with Crippen LogP contribution in [-0.4, -0.2) is 30.7 Å². The highest BCUT2D eigenvalue weighted by molar-refractivity contribution is 5.33. The van der Waals surface area contributed by atoms with Gasteiger partial charge in [-0.3, -0.25) is 0 Å². The van der Waals surface area contributed by atoms with Crippen molar-refractivity contribution in [1.29, 1.82) is 0 Å². The van der Waals surface area contributed by atoms with Crippen molar-refractivity contribution in [3.05, 3.63) is 71.8 Å². The molecule has 0 radical (unpaired) electrons. The lowest BCUT2D eigenvalue weighted by Crippen LogP contribution is -2.38. The number of aliphatic hydroxyl groups excluding tert-OH is 1. The molecular formula is C18H20O3. The first-order valence-electron chi connectivity index (χ1n) is 7.36. The smallest absolute Gasteiger partial charge is 0.168 e. The molecule has 3 nitrogen and oxygen atoms in total. The summed E-state index contributed by atoms with van der Waals surface area (Å²) in [7, 11) is 0. The Kier molecular flexibility index (Phi) is 4.65. The number of benzene rings is 2. The molecule has 1 aliphatic heterocycles. The standard InChI is InChI=1S/C18H20O3/c19-13-16-11-12-20-18(21-16)17(14-7-3-1-4-8-14)15-9-5-2-6-10-15/h1-10,16-19H,11-13H2/t16-,18-/m0/s1. The normalized spacial score (nSPS) is 22.4. The van der Waals surface area contributed by atoms with Gasteiger partial charge in [0.1, 0.15) is 0 Å². The summed E-state index contributed by atoms with van der Waals surface area (Å²) in [5.41, 5.74) is 2.32. The molecule has 0 spiro atoms. The zero-order valence-corrected chi connectivity index (χ0v) is 11.9. The molecule has 0 amide bonds. The molecule has 0 saturated carbocycles. The molecule has 2 aromatic carbocycles. The average Bonchev–Trinajstić information content (AvgIpc) is 2.57. The highest BCUT2D eigenvalue weighted by atomic mass is 16.7. The van der Waals surface area contributed by atoms with E-state index < -0.39 is 0 Å². The number of hydrogen-bond acceptors (Lipinski definition) is 3. The van der Waals surface area contributed by atoms with Gasteiger partial charge < -0.3 is 14.6 Å². The Morgan fingerprint density at radius 2 is 1.52 bits per heavy atom. The van der Waals surface area contributed by atoms with Crippen LogP contribution in [0.5, 0.6) is 0 Å². The van der Waals surface area contributed by atoms with Crippen molar-refractivity contribution >= 4 is 0 Å². The monoisotopic (exact) mass is 284 g/mol. The molecule has 2 atom stereocenters. The largest absolute Gasteiger partial charge is 0.394 e. The molecule has 1 heterocycles. The van der Waals surface area contributed by atoms with Crippen molar-refractivity contribution in [2.24, 2.45) is 0 Å². The maximum atomic E-state index is 9.35. The van der Waals surface area contributed by atoms with E-state index in [1.165, 1.54) is 0 Å². The minimum atomic E-state index is -0.360. The predicted molar refractivity (Wildman–Crippen MR) is 81.0 cm³/mol. The van der Waals surface area contributed by atoms with Crippen LogP contribution in [0, 0.1) is 0 Å². The lowest BCUT2D eigenvalue weighted by Gasteiger charge is -2.35. The summed E-state index contributed by atoms with van der Waals surface area (Å²) in [6.07, 6.45) is 0.239. The van der Waals surface area contributed by atoms with Gasteiger partial charge in [0.15, 0.2) is 6.29 Å². The van der Waals surface area contributed by atoms with Gasteiger partial charge >= 0.3 is 0 Å². The van der Waals surface area contributed by atoms with Crippen LogP contribution in [0.1, 0.15) is 23.5 Å². The zero-order chi connectivity index (χ0) is 14.5. The fraction of sp³-hybridized carbons (Fsp3) is 0.333. The molecule has 2 aromatic rings. The van der Waals surface area contributed by atoms with Gasteiger partial charge in [0, 0.05) is 0 Å². The molecule has 21 heavy (non-hydrogen) atoms. The highest BCUT2D eigenvalue weighted by Crippen LogP contribution is 2.33. The number of rotatable bonds is 4. The molecule has 110 valence electrons. The van der Waals surface area contributed by atoms with E-state index in [0.717, 1.165) is 17.5 Å². The van der Waals surface area contributed by atoms with Crippen molar-refractivity contribution in [3.8, 4) is 0 Å². The van der Waals surface area contributed by atoms with Crippen LogP contribution in [-0.2, 0) is 9.47 Å². The minimum absolute atomic E-state index is 0.0155. The summed E-state index contributed by atoms with van der Waals surface area (Å²) in [5, 5.41) is 9.35. The fourth-order valence-electron chi connectivity index (χ4n) is 2.75. The molecule has 1 aliphatic rings. The fourth-order valence-corrected chi connectivity index (χ4v) is 2.75. The van der Waals surface area contributed by atoms with E-state index in [2.05, 4.69) is 24.3 Å². The van der Waals surface area contributed by atoms with Gasteiger partial charge in [0.2, 0.25) is 0 Å². The van der Waals surface area contributed by atoms with E-state index in [-0.39, 0.29) is 24.9 Å². The molecule has 3 heteroatoms. The topological polar surface area (TPSA) is 38.7 Å². The Morgan fingerprint density at radius 1 is 0.952 bits per heavy atom. The SMILES string of the molecule is OC[C@@H]1CCO[C@H](C(c2ccccc2)c2ccccc2)O1. The summed E-state index contributed by atoms with van der Waals surface area (Å²) >= 11 is 0. The molecule has 0 unspecified atom stereocenters. The van der Waals surface area contributed by atoms with Crippen molar-refractivity contribution in [2.45, 2.75) is 24.7 Å². The molecule has 1 saturated heterocycles. The third-order valence-electron chi connectivity index (χ3n) is 3.84. The Balaban J connectivity index is 1.93. The van der Waals surface area contributed by atoms with Crippen molar-refractivity contribution in [2.75, 3.05) is 13.2 Å². The summed E-state index contributed by atoms with van der Waals surface area (Å²) in [6, 6.07) is 20.5. The van der Waals surface area contributed by atoms with Crippen molar-refractivity contribution in [1.82, 2.24) is 0 Å². The lowest BCUT2D eigenvalue weighted by molar-refractivity contribution is -0.224. The quantitative estimate of drug-likeness (QED) is 0.938. The van der Waals surface area contributed by atoms with Crippen LogP contribution in [0.3, 0.4) is 0 Å². The average molecular weight is 284 g/mol. The maximum absolute atomic E-state index is 9.35. The second kappa shape index (κ2) is 6.85. The van der Waals surface area contributed by atoms with Gasteiger partial charge in [-0.15, -0.1) is 0 Å². The Hall–Kier alpha value is -1.68. The molecular weight excluding hydrogens is 264 g/mol. The van der Waals surface area contributed by atoms with Crippen LogP contribution in [0.15, 0.2) is 60.7 Å². The molecule has 1 N–H and O–H groups in total. The van der Waals surface area contributed by atoms with Crippen LogP contribution in [0.2, 0.25) is 0 Å². The Morgan fingerprint density at radius 3 is 2.05 bits per heavy atom. The summed E-state index contributed by atoms with van der Waals surface area (Å²) in [6.45, 7) is 0.655. The van der Waals surface area contributed by atoms with Gasteiger partial charge in [-0.1, -0.05) is 60.7 Å². The molecule has 3 rings (SSSR count). The number of hydrogen-bond donors (Lipinski definition) is 1. The van der Waals surface area contributed by atoms with E-state index in [4.69, 9.17) is 9.47 Å². The summed E-state index contributed by atoms with van der Waals surface area (Å²) in [4.78, 5) is 0. The number of ether oxygens (including phenoxy) is 2. The third-order valence-corrected chi connectivity index (χ3v) is 3.84. The first-order valence-corrected chi connectivity index (χ1v) is 7.36. The van der Waals surface area contributed by atoms with Gasteiger partial charge in [-0.25, -0.2) is 0 Å². The van der Waals surface area contributed by atoms with E-state index in [1.54, 1.807) is 0 Å². The Labute approximate surface area is 125 Å². The van der Waals surface area contributed by atoms with Gasteiger partial charge in [0.05, 0.1) is 25.2 Å². The summed E-state index contributed by atoms with van der Waals surface area (Å²) < 4.78 is 11.8. The third kappa shape index (κ3) is 3.32. The van der Waals surface area contributed by atoms with Crippen LogP contribution in [0.4, 0.5) is 0 Å². The zero-order valence-electron chi connectivity index (χ0n) is 11.9. The van der Waals surface area contributed by atoms with Crippen molar-refractivity contribution in [3.63, 3.8) is 0 Å². The van der Waals surface area contributed by atoms with Gasteiger partial charge in [0.25, 0.3) is 0 Å². The van der Waals surface area contributed by atoms with Crippen LogP contribution < -0.4 is 0 Å².